The second-order valence-corrected chi connectivity index (χ2v) is 10.0. The number of carbonyl (C=O) groups is 2. The van der Waals surface area contributed by atoms with Crippen molar-refractivity contribution in [1.82, 2.24) is 4.90 Å². The molecule has 1 spiro atoms. The van der Waals surface area contributed by atoms with E-state index in [1.54, 1.807) is 24.3 Å². The van der Waals surface area contributed by atoms with Gasteiger partial charge in [-0.1, -0.05) is 41.9 Å². The number of rotatable bonds is 5. The Morgan fingerprint density at radius 3 is 1.95 bits per heavy atom. The minimum Gasteiger partial charge on any atom is -0.487 e. The molecule has 2 aliphatic heterocycles. The topological polar surface area (TPSA) is 87.1 Å². The summed E-state index contributed by atoms with van der Waals surface area (Å²) in [5.74, 6) is -3.21. The van der Waals surface area contributed by atoms with Crippen molar-refractivity contribution in [3.05, 3.63) is 106 Å². The normalized spacial score (nSPS) is 15.5. The van der Waals surface area contributed by atoms with E-state index in [1.165, 1.54) is 29.8 Å². The SMILES string of the molecule is Fc1ccc(C(=CCCN2CCC3(CC2)Cc2cc(Cl)ccc2O3)c2ccc(F)cc2)cc1.O=C(O)C(=O)O. The second kappa shape index (κ2) is 12.4. The van der Waals surface area contributed by atoms with Crippen molar-refractivity contribution >= 4 is 29.1 Å². The Bertz CT molecular complexity index is 1290. The number of carboxylic acids is 2. The molecule has 1 fully saturated rings. The lowest BCUT2D eigenvalue weighted by molar-refractivity contribution is -0.159. The van der Waals surface area contributed by atoms with Gasteiger partial charge < -0.3 is 19.8 Å². The number of halogens is 3. The summed E-state index contributed by atoms with van der Waals surface area (Å²) in [5, 5.41) is 15.5. The molecule has 0 unspecified atom stereocenters. The van der Waals surface area contributed by atoms with Crippen molar-refractivity contribution in [2.24, 2.45) is 0 Å². The first kappa shape index (κ1) is 28.3. The molecule has 39 heavy (non-hydrogen) atoms. The van der Waals surface area contributed by atoms with Gasteiger partial charge in [0, 0.05) is 43.9 Å². The molecule has 0 radical (unpaired) electrons. The molecule has 6 nitrogen and oxygen atoms in total. The fraction of sp³-hybridized carbons (Fsp3) is 0.267. The lowest BCUT2D eigenvalue weighted by Gasteiger charge is -2.38. The Hall–Kier alpha value is -3.75. The summed E-state index contributed by atoms with van der Waals surface area (Å²) in [6.45, 7) is 2.90. The number of benzene rings is 3. The molecule has 5 rings (SSSR count). The van der Waals surface area contributed by atoms with Crippen LogP contribution < -0.4 is 4.74 Å². The second-order valence-electron chi connectivity index (χ2n) is 9.59. The fourth-order valence-electron chi connectivity index (χ4n) is 4.92. The van der Waals surface area contributed by atoms with Gasteiger partial charge in [-0.2, -0.15) is 0 Å². The third-order valence-electron chi connectivity index (χ3n) is 6.92. The molecule has 9 heteroatoms. The van der Waals surface area contributed by atoms with Crippen molar-refractivity contribution in [2.75, 3.05) is 19.6 Å². The van der Waals surface area contributed by atoms with E-state index in [0.29, 0.717) is 0 Å². The molecule has 3 aromatic rings. The number of hydrogen-bond donors (Lipinski definition) is 2. The molecule has 0 amide bonds. The van der Waals surface area contributed by atoms with E-state index in [2.05, 4.69) is 11.0 Å². The number of aliphatic carboxylic acids is 2. The quantitative estimate of drug-likeness (QED) is 0.372. The molecule has 3 aromatic carbocycles. The van der Waals surface area contributed by atoms with Gasteiger partial charge in [-0.05, 0) is 71.1 Å². The van der Waals surface area contributed by atoms with Crippen LogP contribution in [0, 0.1) is 11.6 Å². The van der Waals surface area contributed by atoms with Gasteiger partial charge in [0.1, 0.15) is 23.0 Å². The Kier molecular flexibility index (Phi) is 8.99. The number of ether oxygens (including phenoxy) is 1. The van der Waals surface area contributed by atoms with E-state index in [1.807, 2.05) is 18.2 Å². The number of nitrogens with zero attached hydrogens (tertiary/aromatic N) is 1. The highest BCUT2D eigenvalue weighted by molar-refractivity contribution is 6.30. The largest absolute Gasteiger partial charge is 0.487 e. The molecule has 0 bridgehead atoms. The van der Waals surface area contributed by atoms with Gasteiger partial charge in [0.15, 0.2) is 0 Å². The van der Waals surface area contributed by atoms with Gasteiger partial charge in [-0.25, -0.2) is 18.4 Å². The molecule has 0 aliphatic carbocycles. The summed E-state index contributed by atoms with van der Waals surface area (Å²) in [4.78, 5) is 20.7. The average Bonchev–Trinajstić information content (AvgIpc) is 3.26. The summed E-state index contributed by atoms with van der Waals surface area (Å²) in [6.07, 6.45) is 5.94. The molecule has 2 aliphatic rings. The molecule has 204 valence electrons. The van der Waals surface area contributed by atoms with Gasteiger partial charge in [0.2, 0.25) is 0 Å². The van der Waals surface area contributed by atoms with E-state index in [-0.39, 0.29) is 17.2 Å². The summed E-state index contributed by atoms with van der Waals surface area (Å²) in [7, 11) is 0. The zero-order chi connectivity index (χ0) is 28.0. The van der Waals surface area contributed by atoms with Crippen LogP contribution in [0.25, 0.3) is 5.57 Å². The number of hydrogen-bond acceptors (Lipinski definition) is 4. The zero-order valence-electron chi connectivity index (χ0n) is 21.1. The number of piperidine rings is 1. The van der Waals surface area contributed by atoms with Crippen LogP contribution in [0.5, 0.6) is 5.75 Å². The lowest BCUT2D eigenvalue weighted by Crippen LogP contribution is -2.47. The van der Waals surface area contributed by atoms with Crippen LogP contribution in [-0.2, 0) is 16.0 Å². The van der Waals surface area contributed by atoms with Gasteiger partial charge in [-0.15, -0.1) is 0 Å². The van der Waals surface area contributed by atoms with E-state index in [4.69, 9.17) is 36.1 Å². The van der Waals surface area contributed by atoms with Crippen molar-refractivity contribution in [1.29, 1.82) is 0 Å². The van der Waals surface area contributed by atoms with Crippen molar-refractivity contribution in [2.45, 2.75) is 31.3 Å². The smallest absolute Gasteiger partial charge is 0.414 e. The Balaban J connectivity index is 0.000000531. The van der Waals surface area contributed by atoms with Gasteiger partial charge in [-0.3, -0.25) is 0 Å². The highest BCUT2D eigenvalue weighted by atomic mass is 35.5. The van der Waals surface area contributed by atoms with Crippen LogP contribution in [0.15, 0.2) is 72.8 Å². The summed E-state index contributed by atoms with van der Waals surface area (Å²) in [6, 6.07) is 18.8. The van der Waals surface area contributed by atoms with Crippen LogP contribution in [0.4, 0.5) is 8.78 Å². The third kappa shape index (κ3) is 7.43. The van der Waals surface area contributed by atoms with Crippen molar-refractivity contribution in [3.8, 4) is 5.75 Å². The van der Waals surface area contributed by atoms with E-state index >= 15 is 0 Å². The van der Waals surface area contributed by atoms with Crippen LogP contribution in [0.2, 0.25) is 5.02 Å². The molecule has 0 aromatic heterocycles. The Labute approximate surface area is 230 Å². The Morgan fingerprint density at radius 1 is 0.897 bits per heavy atom. The van der Waals surface area contributed by atoms with Crippen LogP contribution in [0.1, 0.15) is 36.0 Å². The van der Waals surface area contributed by atoms with E-state index in [0.717, 1.165) is 72.8 Å². The molecule has 2 N–H and O–H groups in total. The average molecular weight is 556 g/mol. The molecule has 0 saturated carbocycles. The summed E-state index contributed by atoms with van der Waals surface area (Å²) >= 11 is 6.15. The summed E-state index contributed by atoms with van der Waals surface area (Å²) < 4.78 is 33.2. The molecular formula is C30H28ClF2NO5. The highest BCUT2D eigenvalue weighted by Crippen LogP contribution is 2.42. The first-order valence-electron chi connectivity index (χ1n) is 12.5. The maximum atomic E-state index is 13.4. The first-order chi connectivity index (χ1) is 18.6. The van der Waals surface area contributed by atoms with Crippen LogP contribution in [-0.4, -0.2) is 52.3 Å². The highest BCUT2D eigenvalue weighted by Gasteiger charge is 2.41. The van der Waals surface area contributed by atoms with Gasteiger partial charge in [0.05, 0.1) is 0 Å². The number of carboxylic acid groups (broad SMARTS) is 2. The van der Waals surface area contributed by atoms with E-state index < -0.39 is 11.9 Å². The third-order valence-corrected chi connectivity index (χ3v) is 7.15. The number of likely N-dealkylation sites (tertiary alicyclic amines) is 1. The van der Waals surface area contributed by atoms with Gasteiger partial charge in [0.25, 0.3) is 0 Å². The van der Waals surface area contributed by atoms with Crippen molar-refractivity contribution < 1.29 is 33.3 Å². The molecule has 0 atom stereocenters. The monoisotopic (exact) mass is 555 g/mol. The number of fused-ring (bicyclic) bond motifs is 1. The molecule has 2 heterocycles. The molecular weight excluding hydrogens is 528 g/mol. The van der Waals surface area contributed by atoms with Crippen LogP contribution in [0.3, 0.4) is 0 Å². The van der Waals surface area contributed by atoms with Gasteiger partial charge >= 0.3 is 11.9 Å². The zero-order valence-corrected chi connectivity index (χ0v) is 21.8. The standard InChI is InChI=1S/C28H26ClF2NO.C2H2O4/c29-23-7-12-27-22(18-23)19-28(33-27)13-16-32(17-14-28)15-1-2-26(20-3-8-24(30)9-4-20)21-5-10-25(31)11-6-21;3-1(4)2(5)6/h2-12,18H,1,13-17,19H2;(H,3,4)(H,5,6). The van der Waals surface area contributed by atoms with Crippen LogP contribution >= 0.6 is 11.6 Å². The maximum Gasteiger partial charge on any atom is 0.414 e. The van der Waals surface area contributed by atoms with Crippen molar-refractivity contribution in [3.63, 3.8) is 0 Å². The van der Waals surface area contributed by atoms with E-state index in [9.17, 15) is 8.78 Å². The molecule has 1 saturated heterocycles. The predicted octanol–water partition coefficient (Wildman–Crippen LogP) is 6.07. The predicted molar refractivity (Wildman–Crippen MR) is 144 cm³/mol. The first-order valence-corrected chi connectivity index (χ1v) is 12.9. The fourth-order valence-corrected chi connectivity index (χ4v) is 5.11. The minimum absolute atomic E-state index is 0.104. The maximum absolute atomic E-state index is 13.4. The Morgan fingerprint density at radius 2 is 1.44 bits per heavy atom. The summed E-state index contributed by atoms with van der Waals surface area (Å²) in [5.41, 5.74) is 3.96. The minimum atomic E-state index is -1.82. The lowest BCUT2D eigenvalue weighted by atomic mass is 9.87.